The lowest BCUT2D eigenvalue weighted by Gasteiger charge is -2.13. The Kier molecular flexibility index (Phi) is 10.1. The molecule has 0 amide bonds. The molecule has 0 atom stereocenters. The highest BCUT2D eigenvalue weighted by molar-refractivity contribution is 14.1. The molecule has 29 heavy (non-hydrogen) atoms. The summed E-state index contributed by atoms with van der Waals surface area (Å²) < 4.78 is 42.6. The minimum atomic E-state index is -4.88. The molecule has 0 bridgehead atoms. The van der Waals surface area contributed by atoms with E-state index in [0.717, 1.165) is 12.1 Å². The van der Waals surface area contributed by atoms with Gasteiger partial charge in [-0.3, -0.25) is 0 Å². The number of halogens is 8. The van der Waals surface area contributed by atoms with Crippen LogP contribution in [0.2, 0.25) is 10.0 Å². The van der Waals surface area contributed by atoms with Crippen LogP contribution in [0.5, 0.6) is 5.75 Å². The van der Waals surface area contributed by atoms with Gasteiger partial charge in [-0.05, 0) is 22.6 Å². The van der Waals surface area contributed by atoms with Crippen molar-refractivity contribution in [1.29, 1.82) is 5.26 Å². The largest absolute Gasteiger partial charge is 0.573 e. The number of alkyl halides is 5. The number of aliphatic imine (C=N–C) groups is 1. The van der Waals surface area contributed by atoms with Gasteiger partial charge >= 0.3 is 6.36 Å². The van der Waals surface area contributed by atoms with E-state index in [9.17, 15) is 18.4 Å². The van der Waals surface area contributed by atoms with Gasteiger partial charge in [0, 0.05) is 26.2 Å². The SMILES string of the molecule is CN(C)C=Nc1c(I)c(C#N)nn1-c1c(Cl)cc(OC(F)(F)F)cc1Cl.ClCCl. The fourth-order valence-electron chi connectivity index (χ4n) is 1.84. The Balaban J connectivity index is 0.00000132. The smallest absolute Gasteiger partial charge is 0.406 e. The lowest BCUT2D eigenvalue weighted by molar-refractivity contribution is -0.274. The fourth-order valence-corrected chi connectivity index (χ4v) is 3.06. The maximum Gasteiger partial charge on any atom is 0.573 e. The summed E-state index contributed by atoms with van der Waals surface area (Å²) >= 11 is 23.6. The summed E-state index contributed by atoms with van der Waals surface area (Å²) in [6, 6.07) is 3.82. The van der Waals surface area contributed by atoms with Gasteiger partial charge < -0.3 is 9.64 Å². The normalized spacial score (nSPS) is 11.1. The maximum atomic E-state index is 12.4. The molecule has 6 nitrogen and oxygen atoms in total. The molecule has 0 aliphatic rings. The highest BCUT2D eigenvalue weighted by Gasteiger charge is 2.32. The number of benzene rings is 1. The molecule has 14 heteroatoms. The van der Waals surface area contributed by atoms with Crippen LogP contribution < -0.4 is 4.74 Å². The molecule has 0 radical (unpaired) electrons. The third kappa shape index (κ3) is 7.57. The van der Waals surface area contributed by atoms with Crippen LogP contribution >= 0.6 is 69.0 Å². The molecule has 2 aromatic rings. The lowest BCUT2D eigenvalue weighted by atomic mass is 10.3. The molecule has 0 N–H and O–H groups in total. The molecule has 2 rings (SSSR count). The third-order valence-corrected chi connectivity index (χ3v) is 4.33. The number of ether oxygens (including phenoxy) is 1. The maximum absolute atomic E-state index is 12.4. The second kappa shape index (κ2) is 11.3. The first-order valence-electron chi connectivity index (χ1n) is 7.21. The van der Waals surface area contributed by atoms with Crippen LogP contribution in [-0.2, 0) is 0 Å². The molecule has 1 heterocycles. The van der Waals surface area contributed by atoms with Crippen LogP contribution in [0.4, 0.5) is 19.0 Å². The van der Waals surface area contributed by atoms with Crippen LogP contribution in [-0.4, -0.2) is 46.8 Å². The Morgan fingerprint density at radius 3 is 2.24 bits per heavy atom. The Bertz CT molecular complexity index is 905. The number of rotatable bonds is 4. The second-order valence-electron chi connectivity index (χ2n) is 5.10. The van der Waals surface area contributed by atoms with Gasteiger partial charge in [-0.1, -0.05) is 23.2 Å². The quantitative estimate of drug-likeness (QED) is 0.181. The van der Waals surface area contributed by atoms with Crippen molar-refractivity contribution < 1.29 is 17.9 Å². The molecule has 0 aliphatic heterocycles. The summed E-state index contributed by atoms with van der Waals surface area (Å²) in [5.74, 6) is -0.318. The van der Waals surface area contributed by atoms with Crippen LogP contribution in [0.1, 0.15) is 5.69 Å². The molecule has 0 aliphatic carbocycles. The minimum Gasteiger partial charge on any atom is -0.406 e. The second-order valence-corrected chi connectivity index (χ2v) is 7.80. The van der Waals surface area contributed by atoms with E-state index in [1.165, 1.54) is 11.0 Å². The van der Waals surface area contributed by atoms with Gasteiger partial charge in [-0.15, -0.1) is 36.4 Å². The van der Waals surface area contributed by atoms with Gasteiger partial charge in [0.25, 0.3) is 0 Å². The van der Waals surface area contributed by atoms with E-state index < -0.39 is 12.1 Å². The molecule has 1 aromatic heterocycles. The summed E-state index contributed by atoms with van der Waals surface area (Å²) in [6.45, 7) is 0. The summed E-state index contributed by atoms with van der Waals surface area (Å²) in [7, 11) is 3.48. The van der Waals surface area contributed by atoms with Crippen molar-refractivity contribution in [2.75, 3.05) is 19.4 Å². The monoisotopic (exact) mass is 601 g/mol. The van der Waals surface area contributed by atoms with Crippen molar-refractivity contribution >= 4 is 81.2 Å². The van der Waals surface area contributed by atoms with Gasteiger partial charge in [0.15, 0.2) is 11.5 Å². The van der Waals surface area contributed by atoms with Gasteiger partial charge in [0.2, 0.25) is 0 Å². The van der Waals surface area contributed by atoms with E-state index in [1.54, 1.807) is 19.0 Å². The van der Waals surface area contributed by atoms with Crippen molar-refractivity contribution in [1.82, 2.24) is 14.7 Å². The van der Waals surface area contributed by atoms with Gasteiger partial charge in [0.1, 0.15) is 17.5 Å². The molecule has 0 saturated heterocycles. The first-order valence-corrected chi connectivity index (χ1v) is 10.1. The Morgan fingerprint density at radius 2 is 1.83 bits per heavy atom. The average Bonchev–Trinajstić information content (AvgIpc) is 2.87. The van der Waals surface area contributed by atoms with E-state index in [-0.39, 0.29) is 32.6 Å². The number of hydrogen-bond donors (Lipinski definition) is 0. The number of nitrogens with zero attached hydrogens (tertiary/aromatic N) is 5. The number of hydrogen-bond acceptors (Lipinski definition) is 4. The molecule has 158 valence electrons. The van der Waals surface area contributed by atoms with E-state index >= 15 is 0 Å². The van der Waals surface area contributed by atoms with Crippen molar-refractivity contribution in [2.45, 2.75) is 6.36 Å². The van der Waals surface area contributed by atoms with Crippen LogP contribution in [0, 0.1) is 14.9 Å². The Hall–Kier alpha value is -1.13. The van der Waals surface area contributed by atoms with Crippen molar-refractivity contribution in [3.8, 4) is 17.5 Å². The van der Waals surface area contributed by atoms with Crippen LogP contribution in [0.3, 0.4) is 0 Å². The van der Waals surface area contributed by atoms with Crippen LogP contribution in [0.25, 0.3) is 5.69 Å². The van der Waals surface area contributed by atoms with Crippen molar-refractivity contribution in [3.05, 3.63) is 31.4 Å². The van der Waals surface area contributed by atoms with Gasteiger partial charge in [0.05, 0.1) is 25.3 Å². The zero-order valence-corrected chi connectivity index (χ0v) is 19.8. The summed E-state index contributed by atoms with van der Waals surface area (Å²) in [6.07, 6.45) is -3.41. The molecule has 0 unspecified atom stereocenters. The lowest BCUT2D eigenvalue weighted by Crippen LogP contribution is -2.17. The summed E-state index contributed by atoms with van der Waals surface area (Å²) in [5, 5.41) is 13.2. The van der Waals surface area contributed by atoms with E-state index in [0.29, 0.717) is 3.57 Å². The first kappa shape index (κ1) is 25.9. The number of nitriles is 1. The van der Waals surface area contributed by atoms with Gasteiger partial charge in [-0.25, -0.2) is 9.67 Å². The molecule has 0 spiro atoms. The Labute approximate surface area is 197 Å². The third-order valence-electron chi connectivity index (χ3n) is 2.76. The predicted molar refractivity (Wildman–Crippen MR) is 116 cm³/mol. The zero-order chi connectivity index (χ0) is 22.4. The molecular weight excluding hydrogens is 592 g/mol. The first-order chi connectivity index (χ1) is 13.4. The molecule has 0 saturated carbocycles. The van der Waals surface area contributed by atoms with Gasteiger partial charge in [-0.2, -0.15) is 10.4 Å². The predicted octanol–water partition coefficient (Wildman–Crippen LogP) is 6.20. The standard InChI is InChI=1S/C14H9Cl2F3IN5O.CH2Cl2/c1-24(2)6-22-13-11(20)10(5-21)23-25(13)12-8(15)3-7(4-9(12)16)26-14(17,18)19;2-1-3/h3-4,6H,1-2H3;1H2. The highest BCUT2D eigenvalue weighted by Crippen LogP contribution is 2.38. The van der Waals surface area contributed by atoms with Crippen molar-refractivity contribution in [3.63, 3.8) is 0 Å². The summed E-state index contributed by atoms with van der Waals surface area (Å²) in [5.41, 5.74) is 0.146. The minimum absolute atomic E-state index is 0.0688. The Morgan fingerprint density at radius 1 is 1.31 bits per heavy atom. The van der Waals surface area contributed by atoms with E-state index in [4.69, 9.17) is 46.4 Å². The molecule has 1 aromatic carbocycles. The van der Waals surface area contributed by atoms with Crippen LogP contribution in [0.15, 0.2) is 17.1 Å². The number of aromatic nitrogens is 2. The molecule has 0 fully saturated rings. The zero-order valence-electron chi connectivity index (χ0n) is 14.6. The molecular formula is C15H11Cl4F3IN5O. The fraction of sp³-hybridized carbons (Fsp3) is 0.267. The van der Waals surface area contributed by atoms with E-state index in [2.05, 4.69) is 14.8 Å². The topological polar surface area (TPSA) is 66.4 Å². The van der Waals surface area contributed by atoms with E-state index in [1.807, 2.05) is 28.7 Å². The highest BCUT2D eigenvalue weighted by atomic mass is 127. The van der Waals surface area contributed by atoms with Crippen molar-refractivity contribution in [2.24, 2.45) is 4.99 Å². The summed E-state index contributed by atoms with van der Waals surface area (Å²) in [4.78, 5) is 5.88. The average molecular weight is 603 g/mol.